The van der Waals surface area contributed by atoms with E-state index >= 15 is 0 Å². The standard InChI is InChI=1S/C24H24F3N5O4/c25-24(26,27)21-19(15-32(31-21)17-4-2-1-3-5-17)23(34)29-11-10-28-22(33)16-6-7-20(30-14-16)36-18-8-12-35-13-9-18/h1-7,14-15,18H,8-13H2,(H,28,33)(H,29,34). The number of rotatable bonds is 8. The molecular formula is C24H24F3N5O4. The Kier molecular flexibility index (Phi) is 7.84. The summed E-state index contributed by atoms with van der Waals surface area (Å²) in [5.41, 5.74) is -1.24. The van der Waals surface area contributed by atoms with Crippen LogP contribution in [-0.2, 0) is 10.9 Å². The van der Waals surface area contributed by atoms with Crippen molar-refractivity contribution < 1.29 is 32.2 Å². The predicted molar refractivity (Wildman–Crippen MR) is 122 cm³/mol. The van der Waals surface area contributed by atoms with E-state index in [-0.39, 0.29) is 24.8 Å². The summed E-state index contributed by atoms with van der Waals surface area (Å²) in [6.07, 6.45) is -0.848. The molecule has 1 saturated heterocycles. The van der Waals surface area contributed by atoms with Gasteiger partial charge in [0.2, 0.25) is 5.88 Å². The van der Waals surface area contributed by atoms with E-state index in [9.17, 15) is 22.8 Å². The lowest BCUT2D eigenvalue weighted by molar-refractivity contribution is -0.141. The first kappa shape index (κ1) is 25.2. The lowest BCUT2D eigenvalue weighted by Gasteiger charge is -2.22. The van der Waals surface area contributed by atoms with Crippen molar-refractivity contribution in [3.8, 4) is 11.6 Å². The second-order valence-electron chi connectivity index (χ2n) is 8.00. The number of carbonyl (C=O) groups is 2. The number of hydrogen-bond acceptors (Lipinski definition) is 6. The zero-order chi connectivity index (χ0) is 25.5. The van der Waals surface area contributed by atoms with Gasteiger partial charge in [0, 0.05) is 44.4 Å². The molecule has 0 bridgehead atoms. The van der Waals surface area contributed by atoms with Crippen LogP contribution in [0.3, 0.4) is 0 Å². The number of para-hydroxylation sites is 1. The Bertz CT molecular complexity index is 1180. The van der Waals surface area contributed by atoms with Gasteiger partial charge in [0.25, 0.3) is 11.8 Å². The monoisotopic (exact) mass is 503 g/mol. The molecule has 1 aliphatic rings. The molecule has 4 rings (SSSR count). The smallest absolute Gasteiger partial charge is 0.435 e. The van der Waals surface area contributed by atoms with E-state index < -0.39 is 29.2 Å². The minimum absolute atomic E-state index is 0.000920. The fraction of sp³-hybridized carbons (Fsp3) is 0.333. The summed E-state index contributed by atoms with van der Waals surface area (Å²) in [4.78, 5) is 28.9. The average Bonchev–Trinajstić information content (AvgIpc) is 3.35. The lowest BCUT2D eigenvalue weighted by Crippen LogP contribution is -2.35. The number of halogens is 3. The number of carbonyl (C=O) groups excluding carboxylic acids is 2. The molecule has 190 valence electrons. The minimum Gasteiger partial charge on any atom is -0.474 e. The number of benzene rings is 1. The molecule has 2 aromatic heterocycles. The van der Waals surface area contributed by atoms with Crippen LogP contribution >= 0.6 is 0 Å². The van der Waals surface area contributed by atoms with E-state index in [4.69, 9.17) is 9.47 Å². The molecule has 36 heavy (non-hydrogen) atoms. The van der Waals surface area contributed by atoms with Crippen molar-refractivity contribution in [3.05, 3.63) is 71.7 Å². The number of nitrogens with one attached hydrogen (secondary N) is 2. The maximum Gasteiger partial charge on any atom is 0.435 e. The van der Waals surface area contributed by atoms with E-state index in [1.165, 1.54) is 6.20 Å². The van der Waals surface area contributed by atoms with E-state index in [2.05, 4.69) is 20.7 Å². The van der Waals surface area contributed by atoms with Gasteiger partial charge >= 0.3 is 6.18 Å². The summed E-state index contributed by atoms with van der Waals surface area (Å²) in [5.74, 6) is -0.987. The SMILES string of the molecule is O=C(NCCNC(=O)c1cn(-c2ccccc2)nc1C(F)(F)F)c1ccc(OC2CCOCC2)nc1. The second kappa shape index (κ2) is 11.2. The van der Waals surface area contributed by atoms with Crippen molar-refractivity contribution in [2.45, 2.75) is 25.1 Å². The van der Waals surface area contributed by atoms with E-state index in [1.807, 2.05) is 0 Å². The first-order valence-electron chi connectivity index (χ1n) is 11.3. The molecule has 0 atom stereocenters. The second-order valence-corrected chi connectivity index (χ2v) is 8.00. The Labute approximate surface area is 204 Å². The number of nitrogens with zero attached hydrogens (tertiary/aromatic N) is 3. The van der Waals surface area contributed by atoms with Crippen molar-refractivity contribution >= 4 is 11.8 Å². The number of pyridine rings is 1. The molecule has 3 heterocycles. The Morgan fingerprint density at radius 1 is 1.03 bits per heavy atom. The molecule has 2 N–H and O–H groups in total. The van der Waals surface area contributed by atoms with Gasteiger partial charge in [-0.15, -0.1) is 0 Å². The largest absolute Gasteiger partial charge is 0.474 e. The fourth-order valence-corrected chi connectivity index (χ4v) is 3.56. The number of aromatic nitrogens is 3. The molecule has 12 heteroatoms. The molecule has 1 aromatic carbocycles. The Hall–Kier alpha value is -3.93. The van der Waals surface area contributed by atoms with Crippen LogP contribution in [0.15, 0.2) is 54.9 Å². The summed E-state index contributed by atoms with van der Waals surface area (Å²) in [6, 6.07) is 11.3. The fourth-order valence-electron chi connectivity index (χ4n) is 3.56. The first-order valence-corrected chi connectivity index (χ1v) is 11.3. The highest BCUT2D eigenvalue weighted by Crippen LogP contribution is 2.31. The summed E-state index contributed by atoms with van der Waals surface area (Å²) in [7, 11) is 0. The van der Waals surface area contributed by atoms with Gasteiger partial charge in [-0.05, 0) is 18.2 Å². The molecule has 3 aromatic rings. The topological polar surface area (TPSA) is 107 Å². The van der Waals surface area contributed by atoms with Crippen molar-refractivity contribution in [2.75, 3.05) is 26.3 Å². The van der Waals surface area contributed by atoms with Gasteiger partial charge in [-0.3, -0.25) is 9.59 Å². The summed E-state index contributed by atoms with van der Waals surface area (Å²) in [5, 5.41) is 8.52. The van der Waals surface area contributed by atoms with Crippen LogP contribution < -0.4 is 15.4 Å². The summed E-state index contributed by atoms with van der Waals surface area (Å²) >= 11 is 0. The van der Waals surface area contributed by atoms with Crippen LogP contribution in [0.5, 0.6) is 5.88 Å². The van der Waals surface area contributed by atoms with Crippen molar-refractivity contribution in [1.82, 2.24) is 25.4 Å². The number of hydrogen-bond donors (Lipinski definition) is 2. The van der Waals surface area contributed by atoms with Gasteiger partial charge in [-0.2, -0.15) is 18.3 Å². The van der Waals surface area contributed by atoms with Crippen molar-refractivity contribution in [3.63, 3.8) is 0 Å². The van der Waals surface area contributed by atoms with Crippen LogP contribution in [0.25, 0.3) is 5.69 Å². The van der Waals surface area contributed by atoms with Gasteiger partial charge < -0.3 is 20.1 Å². The van der Waals surface area contributed by atoms with Crippen LogP contribution in [0.4, 0.5) is 13.2 Å². The van der Waals surface area contributed by atoms with Gasteiger partial charge in [-0.25, -0.2) is 9.67 Å². The minimum atomic E-state index is -4.81. The molecule has 1 fully saturated rings. The molecule has 9 nitrogen and oxygen atoms in total. The van der Waals surface area contributed by atoms with Crippen LogP contribution in [0.2, 0.25) is 0 Å². The quantitative estimate of drug-likeness (QED) is 0.458. The van der Waals surface area contributed by atoms with E-state index in [1.54, 1.807) is 42.5 Å². The van der Waals surface area contributed by atoms with Gasteiger partial charge in [0.05, 0.1) is 30.0 Å². The van der Waals surface area contributed by atoms with Crippen molar-refractivity contribution in [1.29, 1.82) is 0 Å². The molecule has 0 radical (unpaired) electrons. The molecule has 1 aliphatic heterocycles. The number of alkyl halides is 3. The molecule has 2 amide bonds. The maximum absolute atomic E-state index is 13.4. The predicted octanol–water partition coefficient (Wildman–Crippen LogP) is 3.00. The van der Waals surface area contributed by atoms with Gasteiger partial charge in [0.1, 0.15) is 6.10 Å². The van der Waals surface area contributed by atoms with Crippen LogP contribution in [0.1, 0.15) is 39.3 Å². The third kappa shape index (κ3) is 6.39. The van der Waals surface area contributed by atoms with Crippen LogP contribution in [-0.4, -0.2) is 59.0 Å². The van der Waals surface area contributed by atoms with Gasteiger partial charge in [-0.1, -0.05) is 18.2 Å². The molecule has 0 spiro atoms. The lowest BCUT2D eigenvalue weighted by atomic mass is 10.1. The van der Waals surface area contributed by atoms with Crippen LogP contribution in [0, 0.1) is 0 Å². The highest BCUT2D eigenvalue weighted by molar-refractivity contribution is 5.96. The first-order chi connectivity index (χ1) is 17.3. The van der Waals surface area contributed by atoms with Crippen molar-refractivity contribution in [2.24, 2.45) is 0 Å². The van der Waals surface area contributed by atoms with E-state index in [0.29, 0.717) is 24.8 Å². The zero-order valence-electron chi connectivity index (χ0n) is 19.1. The zero-order valence-corrected chi connectivity index (χ0v) is 19.1. The van der Waals surface area contributed by atoms with E-state index in [0.717, 1.165) is 23.7 Å². The molecule has 0 saturated carbocycles. The normalized spacial score (nSPS) is 14.3. The van der Waals surface area contributed by atoms with Gasteiger partial charge in [0.15, 0.2) is 5.69 Å². The Morgan fingerprint density at radius 2 is 1.72 bits per heavy atom. The number of ether oxygens (including phenoxy) is 2. The average molecular weight is 503 g/mol. The third-order valence-electron chi connectivity index (χ3n) is 5.40. The highest BCUT2D eigenvalue weighted by atomic mass is 19.4. The summed E-state index contributed by atoms with van der Waals surface area (Å²) in [6.45, 7) is 1.18. The number of amides is 2. The summed E-state index contributed by atoms with van der Waals surface area (Å²) < 4.78 is 52.4. The highest BCUT2D eigenvalue weighted by Gasteiger charge is 2.39. The third-order valence-corrected chi connectivity index (χ3v) is 5.40. The molecular weight excluding hydrogens is 479 g/mol. The molecule has 0 aliphatic carbocycles. The Morgan fingerprint density at radius 3 is 2.36 bits per heavy atom. The maximum atomic E-state index is 13.4. The molecule has 0 unspecified atom stereocenters. The Balaban J connectivity index is 1.29.